The molecule has 0 aliphatic rings. The predicted molar refractivity (Wildman–Crippen MR) is 57.8 cm³/mol. The highest BCUT2D eigenvalue weighted by Crippen LogP contribution is 2.32. The molecule has 0 radical (unpaired) electrons. The molecule has 0 heterocycles. The van der Waals surface area contributed by atoms with Crippen molar-refractivity contribution in [2.24, 2.45) is 5.41 Å². The van der Waals surface area contributed by atoms with Gasteiger partial charge >= 0.3 is 5.97 Å². The van der Waals surface area contributed by atoms with Crippen molar-refractivity contribution < 1.29 is 15.0 Å². The highest BCUT2D eigenvalue weighted by Gasteiger charge is 2.23. The van der Waals surface area contributed by atoms with Gasteiger partial charge in [0.15, 0.2) is 0 Å². The number of rotatable bonds is 2. The Hall–Kier alpha value is -1.35. The molecule has 0 saturated heterocycles. The number of aliphatic hydroxyl groups is 1. The number of carbonyl (C=O) groups is 1. The van der Waals surface area contributed by atoms with Crippen LogP contribution in [0.4, 0.5) is 0 Å². The van der Waals surface area contributed by atoms with Gasteiger partial charge in [-0.2, -0.15) is 0 Å². The van der Waals surface area contributed by atoms with E-state index in [1.54, 1.807) is 12.1 Å². The van der Waals surface area contributed by atoms with Gasteiger partial charge in [0, 0.05) is 0 Å². The fourth-order valence-corrected chi connectivity index (χ4v) is 1.31. The van der Waals surface area contributed by atoms with Crippen molar-refractivity contribution >= 4 is 5.97 Å². The predicted octanol–water partition coefficient (Wildman–Crippen LogP) is 2.46. The summed E-state index contributed by atoms with van der Waals surface area (Å²) in [5.41, 5.74) is 0.734. The minimum Gasteiger partial charge on any atom is -0.478 e. The van der Waals surface area contributed by atoms with Crippen LogP contribution in [0.3, 0.4) is 0 Å². The number of aromatic carboxylic acids is 1. The molecule has 0 aromatic heterocycles. The van der Waals surface area contributed by atoms with Crippen molar-refractivity contribution in [2.45, 2.75) is 26.9 Å². The number of hydrogen-bond acceptors (Lipinski definition) is 2. The van der Waals surface area contributed by atoms with Gasteiger partial charge in [-0.05, 0) is 23.1 Å². The maximum Gasteiger partial charge on any atom is 0.335 e. The van der Waals surface area contributed by atoms with Crippen LogP contribution in [0.15, 0.2) is 24.3 Å². The SMILES string of the molecule is CC(C)(C)[C@H](O)c1ccc(C(=O)O)cc1. The van der Waals surface area contributed by atoms with Gasteiger partial charge in [-0.3, -0.25) is 0 Å². The molecule has 1 rings (SSSR count). The molecule has 1 aromatic carbocycles. The third-order valence-electron chi connectivity index (χ3n) is 2.29. The van der Waals surface area contributed by atoms with Crippen LogP contribution < -0.4 is 0 Å². The summed E-state index contributed by atoms with van der Waals surface area (Å²) in [7, 11) is 0. The lowest BCUT2D eigenvalue weighted by atomic mass is 9.84. The van der Waals surface area contributed by atoms with Crippen molar-refractivity contribution in [2.75, 3.05) is 0 Å². The molecule has 2 N–H and O–H groups in total. The van der Waals surface area contributed by atoms with Gasteiger partial charge in [-0.25, -0.2) is 4.79 Å². The second-order valence-corrected chi connectivity index (χ2v) is 4.70. The molecule has 1 aromatic rings. The Kier molecular flexibility index (Phi) is 3.15. The molecule has 0 spiro atoms. The zero-order valence-electron chi connectivity index (χ0n) is 9.19. The molecule has 0 aliphatic carbocycles. The minimum absolute atomic E-state index is 0.236. The molecule has 0 unspecified atom stereocenters. The zero-order chi connectivity index (χ0) is 11.6. The van der Waals surface area contributed by atoms with E-state index in [1.807, 2.05) is 20.8 Å². The largest absolute Gasteiger partial charge is 0.478 e. The zero-order valence-corrected chi connectivity index (χ0v) is 9.19. The lowest BCUT2D eigenvalue weighted by molar-refractivity contribution is 0.0624. The summed E-state index contributed by atoms with van der Waals surface area (Å²) >= 11 is 0. The van der Waals surface area contributed by atoms with Crippen LogP contribution in [0.1, 0.15) is 42.8 Å². The first-order chi connectivity index (χ1) is 6.82. The third-order valence-corrected chi connectivity index (χ3v) is 2.29. The van der Waals surface area contributed by atoms with E-state index in [0.29, 0.717) is 0 Å². The number of aliphatic hydroxyl groups excluding tert-OH is 1. The average molecular weight is 208 g/mol. The summed E-state index contributed by atoms with van der Waals surface area (Å²) in [4.78, 5) is 10.6. The Bertz CT molecular complexity index is 346. The topological polar surface area (TPSA) is 57.5 Å². The van der Waals surface area contributed by atoms with Gasteiger partial charge in [-0.15, -0.1) is 0 Å². The van der Waals surface area contributed by atoms with Crippen molar-refractivity contribution in [3.63, 3.8) is 0 Å². The van der Waals surface area contributed by atoms with Crippen molar-refractivity contribution in [1.82, 2.24) is 0 Å². The van der Waals surface area contributed by atoms with Crippen LogP contribution in [0.25, 0.3) is 0 Å². The molecule has 1 atom stereocenters. The minimum atomic E-state index is -0.952. The molecule has 0 amide bonds. The summed E-state index contributed by atoms with van der Waals surface area (Å²) in [5, 5.41) is 18.7. The van der Waals surface area contributed by atoms with Gasteiger partial charge < -0.3 is 10.2 Å². The van der Waals surface area contributed by atoms with Crippen LogP contribution in [0, 0.1) is 5.41 Å². The molecule has 3 nitrogen and oxygen atoms in total. The Labute approximate surface area is 89.4 Å². The molecule has 82 valence electrons. The van der Waals surface area contributed by atoms with E-state index in [1.165, 1.54) is 12.1 Å². The van der Waals surface area contributed by atoms with Gasteiger partial charge in [0.05, 0.1) is 11.7 Å². The molecular weight excluding hydrogens is 192 g/mol. The fourth-order valence-electron chi connectivity index (χ4n) is 1.31. The molecule has 3 heteroatoms. The Morgan fingerprint density at radius 2 is 1.67 bits per heavy atom. The smallest absolute Gasteiger partial charge is 0.335 e. The first-order valence-electron chi connectivity index (χ1n) is 4.83. The van der Waals surface area contributed by atoms with Gasteiger partial charge in [0.1, 0.15) is 0 Å². The van der Waals surface area contributed by atoms with Crippen LogP contribution in [0.5, 0.6) is 0 Å². The molecule has 0 fully saturated rings. The summed E-state index contributed by atoms with van der Waals surface area (Å²) < 4.78 is 0. The van der Waals surface area contributed by atoms with E-state index in [2.05, 4.69) is 0 Å². The Morgan fingerprint density at radius 1 is 1.20 bits per heavy atom. The number of carboxylic acid groups (broad SMARTS) is 1. The quantitative estimate of drug-likeness (QED) is 0.784. The lowest BCUT2D eigenvalue weighted by Crippen LogP contribution is -2.17. The summed E-state index contributed by atoms with van der Waals surface area (Å²) in [6, 6.07) is 6.32. The summed E-state index contributed by atoms with van der Waals surface area (Å²) in [5.74, 6) is -0.952. The number of hydrogen-bond donors (Lipinski definition) is 2. The van der Waals surface area contributed by atoms with Gasteiger partial charge in [0.2, 0.25) is 0 Å². The summed E-state index contributed by atoms with van der Waals surface area (Å²) in [6.45, 7) is 5.80. The van der Waals surface area contributed by atoms with E-state index in [0.717, 1.165) is 5.56 Å². The second kappa shape index (κ2) is 4.03. The standard InChI is InChI=1S/C12H16O3/c1-12(2,3)10(13)8-4-6-9(7-5-8)11(14)15/h4-7,10,13H,1-3H3,(H,14,15)/t10-/m1/s1. The monoisotopic (exact) mass is 208 g/mol. The van der Waals surface area contributed by atoms with Crippen LogP contribution in [0.2, 0.25) is 0 Å². The first kappa shape index (κ1) is 11.7. The number of benzene rings is 1. The lowest BCUT2D eigenvalue weighted by Gasteiger charge is -2.26. The Balaban J connectivity index is 2.94. The van der Waals surface area contributed by atoms with Crippen molar-refractivity contribution in [3.05, 3.63) is 35.4 Å². The average Bonchev–Trinajstić information content (AvgIpc) is 2.15. The highest BCUT2D eigenvalue weighted by atomic mass is 16.4. The molecule has 0 saturated carbocycles. The van der Waals surface area contributed by atoms with Gasteiger partial charge in [0.25, 0.3) is 0 Å². The van der Waals surface area contributed by atoms with E-state index in [4.69, 9.17) is 5.11 Å². The molecule has 0 bridgehead atoms. The second-order valence-electron chi connectivity index (χ2n) is 4.70. The molecule has 15 heavy (non-hydrogen) atoms. The highest BCUT2D eigenvalue weighted by molar-refractivity contribution is 5.87. The van der Waals surface area contributed by atoms with E-state index >= 15 is 0 Å². The first-order valence-corrected chi connectivity index (χ1v) is 4.83. The number of carboxylic acids is 1. The normalized spacial score (nSPS) is 13.6. The van der Waals surface area contributed by atoms with Crippen LogP contribution in [-0.4, -0.2) is 16.2 Å². The van der Waals surface area contributed by atoms with E-state index in [-0.39, 0.29) is 11.0 Å². The maximum atomic E-state index is 10.6. The van der Waals surface area contributed by atoms with E-state index < -0.39 is 12.1 Å². The van der Waals surface area contributed by atoms with Crippen LogP contribution >= 0.6 is 0 Å². The maximum absolute atomic E-state index is 10.6. The fraction of sp³-hybridized carbons (Fsp3) is 0.417. The Morgan fingerprint density at radius 3 is 2.00 bits per heavy atom. The molecular formula is C12H16O3. The van der Waals surface area contributed by atoms with Crippen molar-refractivity contribution in [3.8, 4) is 0 Å². The van der Waals surface area contributed by atoms with Gasteiger partial charge in [-0.1, -0.05) is 32.9 Å². The molecule has 0 aliphatic heterocycles. The van der Waals surface area contributed by atoms with Crippen molar-refractivity contribution in [1.29, 1.82) is 0 Å². The van der Waals surface area contributed by atoms with E-state index in [9.17, 15) is 9.90 Å². The van der Waals surface area contributed by atoms with Crippen LogP contribution in [-0.2, 0) is 0 Å². The summed E-state index contributed by atoms with van der Waals surface area (Å²) in [6.07, 6.45) is -0.583. The third kappa shape index (κ3) is 2.80.